The first-order chi connectivity index (χ1) is 6.65. The van der Waals surface area contributed by atoms with Crippen LogP contribution in [0.5, 0.6) is 0 Å². The Kier molecular flexibility index (Phi) is 3.92. The lowest BCUT2D eigenvalue weighted by atomic mass is 10.1. The van der Waals surface area contributed by atoms with Gasteiger partial charge in [0.05, 0.1) is 12.5 Å². The lowest BCUT2D eigenvalue weighted by Gasteiger charge is -2.17. The van der Waals surface area contributed by atoms with Crippen molar-refractivity contribution in [1.82, 2.24) is 0 Å². The van der Waals surface area contributed by atoms with Crippen LogP contribution in [0.3, 0.4) is 0 Å². The zero-order valence-corrected chi connectivity index (χ0v) is 8.62. The Bertz CT molecular complexity index is 224. The molecule has 0 unspecified atom stereocenters. The lowest BCUT2D eigenvalue weighted by Crippen LogP contribution is -2.28. The Hall–Kier alpha value is -1.06. The largest absolute Gasteiger partial charge is 0.466 e. The van der Waals surface area contributed by atoms with E-state index in [9.17, 15) is 9.59 Å². The van der Waals surface area contributed by atoms with Gasteiger partial charge in [-0.25, -0.2) is 0 Å². The Morgan fingerprint density at radius 3 is 2.64 bits per heavy atom. The fourth-order valence-corrected chi connectivity index (χ4v) is 1.80. The van der Waals surface area contributed by atoms with E-state index in [2.05, 4.69) is 0 Å². The molecule has 0 aliphatic heterocycles. The molecule has 1 fully saturated rings. The van der Waals surface area contributed by atoms with E-state index in [-0.39, 0.29) is 24.0 Å². The summed E-state index contributed by atoms with van der Waals surface area (Å²) in [7, 11) is 0. The minimum absolute atomic E-state index is 0.240. The van der Waals surface area contributed by atoms with Gasteiger partial charge < -0.3 is 9.47 Å². The predicted octanol–water partition coefficient (Wildman–Crippen LogP) is 1.28. The first kappa shape index (κ1) is 11.0. The first-order valence-electron chi connectivity index (χ1n) is 4.99. The summed E-state index contributed by atoms with van der Waals surface area (Å²) in [6.45, 7) is 3.51. The molecule has 1 rings (SSSR count). The van der Waals surface area contributed by atoms with Crippen molar-refractivity contribution in [3.63, 3.8) is 0 Å². The first-order valence-corrected chi connectivity index (χ1v) is 4.99. The quantitative estimate of drug-likeness (QED) is 0.644. The number of carbonyl (C=O) groups is 2. The molecule has 0 aromatic rings. The summed E-state index contributed by atoms with van der Waals surface area (Å²) in [6.07, 6.45) is 2.17. The van der Waals surface area contributed by atoms with Gasteiger partial charge in [0.25, 0.3) is 0 Å². The average Bonchev–Trinajstić information content (AvgIpc) is 2.51. The van der Waals surface area contributed by atoms with Crippen LogP contribution in [0.2, 0.25) is 0 Å². The van der Waals surface area contributed by atoms with Crippen molar-refractivity contribution in [2.24, 2.45) is 5.92 Å². The Labute approximate surface area is 83.6 Å². The predicted molar refractivity (Wildman–Crippen MR) is 49.5 cm³/mol. The van der Waals surface area contributed by atoms with Gasteiger partial charge in [0.15, 0.2) is 0 Å². The van der Waals surface area contributed by atoms with Gasteiger partial charge in [-0.2, -0.15) is 0 Å². The van der Waals surface area contributed by atoms with Crippen LogP contribution >= 0.6 is 0 Å². The highest BCUT2D eigenvalue weighted by atomic mass is 16.6. The van der Waals surface area contributed by atoms with E-state index in [1.54, 1.807) is 6.92 Å². The molecule has 0 saturated heterocycles. The monoisotopic (exact) mass is 200 g/mol. The normalized spacial score (nSPS) is 25.9. The van der Waals surface area contributed by atoms with Gasteiger partial charge in [-0.1, -0.05) is 0 Å². The van der Waals surface area contributed by atoms with Crippen molar-refractivity contribution >= 4 is 11.9 Å². The molecule has 2 atom stereocenters. The second kappa shape index (κ2) is 4.98. The number of esters is 2. The van der Waals surface area contributed by atoms with Crippen LogP contribution in [0.15, 0.2) is 0 Å². The van der Waals surface area contributed by atoms with Crippen LogP contribution in [-0.2, 0) is 19.1 Å². The number of ether oxygens (including phenoxy) is 2. The highest BCUT2D eigenvalue weighted by Gasteiger charge is 2.36. The van der Waals surface area contributed by atoms with Gasteiger partial charge in [0.2, 0.25) is 0 Å². The van der Waals surface area contributed by atoms with E-state index in [1.807, 2.05) is 0 Å². The second-order valence-electron chi connectivity index (χ2n) is 3.44. The van der Waals surface area contributed by atoms with Gasteiger partial charge in [0, 0.05) is 6.92 Å². The summed E-state index contributed by atoms with van der Waals surface area (Å²) < 4.78 is 9.96. The SMILES string of the molecule is CCOC(=O)[C@@H]1CCC[C@H]1OC(C)=O. The summed E-state index contributed by atoms with van der Waals surface area (Å²) in [6, 6.07) is 0. The summed E-state index contributed by atoms with van der Waals surface area (Å²) in [5.41, 5.74) is 0. The fraction of sp³-hybridized carbons (Fsp3) is 0.800. The van der Waals surface area contributed by atoms with E-state index in [0.717, 1.165) is 19.3 Å². The molecule has 1 saturated carbocycles. The van der Waals surface area contributed by atoms with E-state index in [4.69, 9.17) is 9.47 Å². The van der Waals surface area contributed by atoms with Crippen molar-refractivity contribution in [2.75, 3.05) is 6.61 Å². The van der Waals surface area contributed by atoms with Crippen LogP contribution in [0.25, 0.3) is 0 Å². The maximum absolute atomic E-state index is 11.4. The van der Waals surface area contributed by atoms with E-state index < -0.39 is 0 Å². The second-order valence-corrected chi connectivity index (χ2v) is 3.44. The molecule has 1 aliphatic rings. The van der Waals surface area contributed by atoms with E-state index >= 15 is 0 Å². The standard InChI is InChI=1S/C10H16O4/c1-3-13-10(12)8-5-4-6-9(8)14-7(2)11/h8-9H,3-6H2,1-2H3/t8-,9-/m1/s1. The minimum atomic E-state index is -0.328. The van der Waals surface area contributed by atoms with Crippen LogP contribution < -0.4 is 0 Å². The smallest absolute Gasteiger partial charge is 0.312 e. The third-order valence-electron chi connectivity index (χ3n) is 2.36. The van der Waals surface area contributed by atoms with Gasteiger partial charge in [-0.15, -0.1) is 0 Å². The average molecular weight is 200 g/mol. The topological polar surface area (TPSA) is 52.6 Å². The zero-order valence-electron chi connectivity index (χ0n) is 8.62. The molecule has 4 heteroatoms. The van der Waals surface area contributed by atoms with Gasteiger partial charge in [-0.05, 0) is 26.2 Å². The van der Waals surface area contributed by atoms with Crippen molar-refractivity contribution in [3.8, 4) is 0 Å². The highest BCUT2D eigenvalue weighted by Crippen LogP contribution is 2.29. The third-order valence-corrected chi connectivity index (χ3v) is 2.36. The van der Waals surface area contributed by atoms with Crippen molar-refractivity contribution < 1.29 is 19.1 Å². The molecule has 0 aromatic carbocycles. The molecule has 0 aromatic heterocycles. The third kappa shape index (κ3) is 2.72. The van der Waals surface area contributed by atoms with Crippen LogP contribution in [0.1, 0.15) is 33.1 Å². The maximum Gasteiger partial charge on any atom is 0.312 e. The zero-order chi connectivity index (χ0) is 10.6. The molecule has 0 heterocycles. The summed E-state index contributed by atoms with van der Waals surface area (Å²) in [4.78, 5) is 22.2. The molecular formula is C10H16O4. The number of rotatable bonds is 3. The molecule has 0 bridgehead atoms. The maximum atomic E-state index is 11.4. The summed E-state index contributed by atoms with van der Waals surface area (Å²) in [5, 5.41) is 0. The molecule has 0 amide bonds. The Morgan fingerprint density at radius 2 is 2.07 bits per heavy atom. The molecule has 14 heavy (non-hydrogen) atoms. The number of carbonyl (C=O) groups excluding carboxylic acids is 2. The molecule has 1 aliphatic carbocycles. The Morgan fingerprint density at radius 1 is 1.36 bits per heavy atom. The highest BCUT2D eigenvalue weighted by molar-refractivity contribution is 5.74. The van der Waals surface area contributed by atoms with Crippen molar-refractivity contribution in [1.29, 1.82) is 0 Å². The van der Waals surface area contributed by atoms with Crippen molar-refractivity contribution in [3.05, 3.63) is 0 Å². The summed E-state index contributed by atoms with van der Waals surface area (Å²) >= 11 is 0. The van der Waals surface area contributed by atoms with E-state index in [1.165, 1.54) is 6.92 Å². The molecule has 80 valence electrons. The molecular weight excluding hydrogens is 184 g/mol. The lowest BCUT2D eigenvalue weighted by molar-refractivity contribution is -0.158. The van der Waals surface area contributed by atoms with Crippen LogP contribution in [0.4, 0.5) is 0 Å². The van der Waals surface area contributed by atoms with Gasteiger partial charge >= 0.3 is 11.9 Å². The molecule has 0 N–H and O–H groups in total. The molecule has 4 nitrogen and oxygen atoms in total. The van der Waals surface area contributed by atoms with Gasteiger partial charge in [-0.3, -0.25) is 9.59 Å². The van der Waals surface area contributed by atoms with Crippen LogP contribution in [0, 0.1) is 5.92 Å². The minimum Gasteiger partial charge on any atom is -0.466 e. The van der Waals surface area contributed by atoms with E-state index in [0.29, 0.717) is 6.61 Å². The Balaban J connectivity index is 2.50. The summed E-state index contributed by atoms with van der Waals surface area (Å²) in [5.74, 6) is -0.818. The van der Waals surface area contributed by atoms with Crippen molar-refractivity contribution in [2.45, 2.75) is 39.2 Å². The molecule has 0 radical (unpaired) electrons. The fourth-order valence-electron chi connectivity index (χ4n) is 1.80. The van der Waals surface area contributed by atoms with Gasteiger partial charge in [0.1, 0.15) is 6.10 Å². The number of hydrogen-bond donors (Lipinski definition) is 0. The molecule has 0 spiro atoms. The number of hydrogen-bond acceptors (Lipinski definition) is 4. The van der Waals surface area contributed by atoms with Crippen LogP contribution in [-0.4, -0.2) is 24.6 Å².